The Labute approximate surface area is 126 Å². The second kappa shape index (κ2) is 7.78. The van der Waals surface area contributed by atoms with Crippen molar-refractivity contribution in [3.05, 3.63) is 35.9 Å². The summed E-state index contributed by atoms with van der Waals surface area (Å²) < 4.78 is 0. The summed E-state index contributed by atoms with van der Waals surface area (Å²) >= 11 is 0. The van der Waals surface area contributed by atoms with Crippen LogP contribution in [0.3, 0.4) is 0 Å². The molecule has 5 nitrogen and oxygen atoms in total. The minimum Gasteiger partial charge on any atom is -0.356 e. The van der Waals surface area contributed by atoms with Gasteiger partial charge < -0.3 is 16.4 Å². The molecule has 1 rings (SSSR count). The molecule has 116 valence electrons. The minimum atomic E-state index is -0.324. The van der Waals surface area contributed by atoms with Crippen molar-refractivity contribution in [1.29, 1.82) is 0 Å². The number of carbonyl (C=O) groups excluding carboxylic acids is 2. The van der Waals surface area contributed by atoms with Gasteiger partial charge in [0.1, 0.15) is 0 Å². The molecule has 0 aliphatic rings. The number of nitrogens with two attached hydrogens (primary N) is 1. The third kappa shape index (κ3) is 7.46. The first kappa shape index (κ1) is 17.2. The predicted molar refractivity (Wildman–Crippen MR) is 83.5 cm³/mol. The Kier molecular flexibility index (Phi) is 6.37. The fraction of sp³-hybridized carbons (Fsp3) is 0.500. The zero-order valence-electron chi connectivity index (χ0n) is 13.0. The molecule has 2 amide bonds. The van der Waals surface area contributed by atoms with Gasteiger partial charge in [-0.2, -0.15) is 0 Å². The fourth-order valence-corrected chi connectivity index (χ4v) is 1.89. The lowest BCUT2D eigenvalue weighted by atomic mass is 10.0. The first-order valence-electron chi connectivity index (χ1n) is 7.16. The maximum absolute atomic E-state index is 11.8. The molecular formula is C16H25N3O2. The van der Waals surface area contributed by atoms with Crippen LogP contribution in [-0.4, -0.2) is 23.9 Å². The highest BCUT2D eigenvalue weighted by Crippen LogP contribution is 2.12. The van der Waals surface area contributed by atoms with Crippen molar-refractivity contribution in [2.24, 2.45) is 5.73 Å². The second-order valence-corrected chi connectivity index (χ2v) is 6.12. The minimum absolute atomic E-state index is 0.0739. The topological polar surface area (TPSA) is 84.2 Å². The standard InChI is InChI=1S/C16H25N3O2/c1-16(2,3)19-14(20)9-10-18-15(21)11-13(17)12-7-5-4-6-8-12/h4-8,13H,9-11,17H2,1-3H3,(H,18,21)(H,19,20). The number of hydrogen-bond donors (Lipinski definition) is 3. The van der Waals surface area contributed by atoms with Crippen LogP contribution in [0.4, 0.5) is 0 Å². The molecule has 0 aromatic heterocycles. The summed E-state index contributed by atoms with van der Waals surface area (Å²) in [5, 5.41) is 5.56. The number of amides is 2. The Morgan fingerprint density at radius 2 is 1.76 bits per heavy atom. The van der Waals surface area contributed by atoms with Gasteiger partial charge in [0.15, 0.2) is 0 Å². The van der Waals surface area contributed by atoms with E-state index in [1.807, 2.05) is 51.1 Å². The van der Waals surface area contributed by atoms with E-state index < -0.39 is 0 Å². The molecule has 1 aromatic carbocycles. The lowest BCUT2D eigenvalue weighted by Gasteiger charge is -2.20. The van der Waals surface area contributed by atoms with Crippen molar-refractivity contribution in [3.8, 4) is 0 Å². The SMILES string of the molecule is CC(C)(C)NC(=O)CCNC(=O)CC(N)c1ccccc1. The van der Waals surface area contributed by atoms with Gasteiger partial charge in [0.05, 0.1) is 0 Å². The largest absolute Gasteiger partial charge is 0.356 e. The zero-order valence-corrected chi connectivity index (χ0v) is 13.0. The molecule has 0 saturated carbocycles. The monoisotopic (exact) mass is 291 g/mol. The summed E-state index contributed by atoms with van der Waals surface area (Å²) in [6.45, 7) is 6.08. The maximum atomic E-state index is 11.8. The molecule has 0 aliphatic heterocycles. The Balaban J connectivity index is 2.27. The summed E-state index contributed by atoms with van der Waals surface area (Å²) in [5.74, 6) is -0.218. The molecule has 0 saturated heterocycles. The van der Waals surface area contributed by atoms with E-state index in [1.54, 1.807) is 0 Å². The average molecular weight is 291 g/mol. The van der Waals surface area contributed by atoms with E-state index in [9.17, 15) is 9.59 Å². The van der Waals surface area contributed by atoms with E-state index in [0.29, 0.717) is 6.54 Å². The van der Waals surface area contributed by atoms with Crippen LogP contribution >= 0.6 is 0 Å². The van der Waals surface area contributed by atoms with Gasteiger partial charge in [-0.25, -0.2) is 0 Å². The van der Waals surface area contributed by atoms with E-state index in [0.717, 1.165) is 5.56 Å². The highest BCUT2D eigenvalue weighted by atomic mass is 16.2. The summed E-state index contributed by atoms with van der Waals surface area (Å²) in [5.41, 5.74) is 6.65. The molecule has 1 unspecified atom stereocenters. The fourth-order valence-electron chi connectivity index (χ4n) is 1.89. The van der Waals surface area contributed by atoms with Gasteiger partial charge in [-0.3, -0.25) is 9.59 Å². The molecule has 0 fully saturated rings. The quantitative estimate of drug-likeness (QED) is 0.742. The van der Waals surface area contributed by atoms with Crippen LogP contribution in [0.5, 0.6) is 0 Å². The van der Waals surface area contributed by atoms with Gasteiger partial charge in [-0.1, -0.05) is 30.3 Å². The van der Waals surface area contributed by atoms with E-state index >= 15 is 0 Å². The zero-order chi connectivity index (χ0) is 15.9. The Morgan fingerprint density at radius 1 is 1.14 bits per heavy atom. The number of nitrogens with one attached hydrogen (secondary N) is 2. The molecule has 5 heteroatoms. The van der Waals surface area contributed by atoms with Crippen LogP contribution in [0, 0.1) is 0 Å². The van der Waals surface area contributed by atoms with Crippen LogP contribution < -0.4 is 16.4 Å². The first-order valence-corrected chi connectivity index (χ1v) is 7.16. The van der Waals surface area contributed by atoms with Crippen molar-refractivity contribution in [2.45, 2.75) is 45.2 Å². The summed E-state index contributed by atoms with van der Waals surface area (Å²) in [4.78, 5) is 23.4. The van der Waals surface area contributed by atoms with E-state index in [2.05, 4.69) is 10.6 Å². The van der Waals surface area contributed by atoms with Crippen molar-refractivity contribution in [1.82, 2.24) is 10.6 Å². The van der Waals surface area contributed by atoms with Gasteiger partial charge in [-0.15, -0.1) is 0 Å². The Morgan fingerprint density at radius 3 is 2.33 bits per heavy atom. The van der Waals surface area contributed by atoms with Gasteiger partial charge in [0.25, 0.3) is 0 Å². The van der Waals surface area contributed by atoms with Crippen LogP contribution in [0.2, 0.25) is 0 Å². The summed E-state index contributed by atoms with van der Waals surface area (Å²) in [7, 11) is 0. The molecule has 0 heterocycles. The maximum Gasteiger partial charge on any atom is 0.222 e. The van der Waals surface area contributed by atoms with Crippen molar-refractivity contribution < 1.29 is 9.59 Å². The third-order valence-electron chi connectivity index (χ3n) is 2.82. The second-order valence-electron chi connectivity index (χ2n) is 6.12. The lowest BCUT2D eigenvalue weighted by molar-refractivity contribution is -0.123. The Bertz CT molecular complexity index is 466. The first-order chi connectivity index (χ1) is 9.78. The van der Waals surface area contributed by atoms with Crippen LogP contribution in [0.25, 0.3) is 0 Å². The summed E-state index contributed by atoms with van der Waals surface area (Å²) in [6, 6.07) is 9.16. The third-order valence-corrected chi connectivity index (χ3v) is 2.82. The van der Waals surface area contributed by atoms with E-state index in [1.165, 1.54) is 0 Å². The lowest BCUT2D eigenvalue weighted by Crippen LogP contribution is -2.42. The van der Waals surface area contributed by atoms with Gasteiger partial charge in [0.2, 0.25) is 11.8 Å². The van der Waals surface area contributed by atoms with Crippen LogP contribution in [-0.2, 0) is 9.59 Å². The Hall–Kier alpha value is -1.88. The van der Waals surface area contributed by atoms with Gasteiger partial charge >= 0.3 is 0 Å². The smallest absolute Gasteiger partial charge is 0.222 e. The molecule has 0 spiro atoms. The molecule has 4 N–H and O–H groups in total. The predicted octanol–water partition coefficient (Wildman–Crippen LogP) is 1.50. The molecule has 0 radical (unpaired) electrons. The van der Waals surface area contributed by atoms with Crippen molar-refractivity contribution in [2.75, 3.05) is 6.54 Å². The number of carbonyl (C=O) groups is 2. The molecule has 1 aromatic rings. The number of hydrogen-bond acceptors (Lipinski definition) is 3. The normalized spacial score (nSPS) is 12.6. The van der Waals surface area contributed by atoms with Gasteiger partial charge in [0, 0.05) is 31.0 Å². The molecule has 0 aliphatic carbocycles. The van der Waals surface area contributed by atoms with E-state index in [-0.39, 0.29) is 36.2 Å². The molecule has 0 bridgehead atoms. The van der Waals surface area contributed by atoms with Crippen molar-refractivity contribution in [3.63, 3.8) is 0 Å². The molecular weight excluding hydrogens is 266 g/mol. The van der Waals surface area contributed by atoms with Crippen LogP contribution in [0.1, 0.15) is 45.2 Å². The molecule has 1 atom stereocenters. The highest BCUT2D eigenvalue weighted by molar-refractivity contribution is 5.79. The summed E-state index contributed by atoms with van der Waals surface area (Å²) in [6.07, 6.45) is 0.481. The van der Waals surface area contributed by atoms with Crippen LogP contribution in [0.15, 0.2) is 30.3 Å². The number of rotatable bonds is 6. The van der Waals surface area contributed by atoms with Crippen molar-refractivity contribution >= 4 is 11.8 Å². The highest BCUT2D eigenvalue weighted by Gasteiger charge is 2.14. The van der Waals surface area contributed by atoms with E-state index in [4.69, 9.17) is 5.73 Å². The molecule has 21 heavy (non-hydrogen) atoms. The number of benzene rings is 1. The van der Waals surface area contributed by atoms with Gasteiger partial charge in [-0.05, 0) is 26.3 Å². The average Bonchev–Trinajstić information content (AvgIpc) is 2.37.